The molecule has 0 aromatic carbocycles. The Balaban J connectivity index is 2.11. The first-order valence-electron chi connectivity index (χ1n) is 6.33. The predicted molar refractivity (Wildman–Crippen MR) is 71.3 cm³/mol. The summed E-state index contributed by atoms with van der Waals surface area (Å²) in [5, 5.41) is 9.23. The summed E-state index contributed by atoms with van der Waals surface area (Å²) in [6, 6.07) is 3.34. The van der Waals surface area contributed by atoms with E-state index >= 15 is 0 Å². The maximum absolute atomic E-state index is 12.2. The van der Waals surface area contributed by atoms with Gasteiger partial charge in [0, 0.05) is 18.3 Å². The summed E-state index contributed by atoms with van der Waals surface area (Å²) >= 11 is 0. The number of pyridine rings is 1. The molecule has 1 saturated heterocycles. The number of nitrogens with zero attached hydrogens (tertiary/aromatic N) is 2. The van der Waals surface area contributed by atoms with Crippen molar-refractivity contribution in [2.24, 2.45) is 5.73 Å². The van der Waals surface area contributed by atoms with E-state index in [4.69, 9.17) is 5.73 Å². The minimum absolute atomic E-state index is 0.00575. The maximum atomic E-state index is 12.2. The number of aliphatic hydroxyl groups is 1. The molecule has 1 aromatic rings. The van der Waals surface area contributed by atoms with Gasteiger partial charge in [-0.2, -0.15) is 0 Å². The third-order valence-corrected chi connectivity index (χ3v) is 3.17. The summed E-state index contributed by atoms with van der Waals surface area (Å²) in [5.41, 5.74) is 6.42. The molecule has 5 heteroatoms. The van der Waals surface area contributed by atoms with Crippen LogP contribution in [0.1, 0.15) is 28.9 Å². The van der Waals surface area contributed by atoms with E-state index in [0.29, 0.717) is 18.8 Å². The summed E-state index contributed by atoms with van der Waals surface area (Å²) in [4.78, 5) is 18.1. The van der Waals surface area contributed by atoms with Crippen LogP contribution in [-0.2, 0) is 0 Å². The molecule has 5 nitrogen and oxygen atoms in total. The molecule has 0 spiro atoms. The van der Waals surface area contributed by atoms with Gasteiger partial charge in [-0.15, -0.1) is 0 Å². The van der Waals surface area contributed by atoms with Crippen LogP contribution in [0, 0.1) is 11.8 Å². The van der Waals surface area contributed by atoms with Crippen molar-refractivity contribution in [2.75, 3.05) is 19.7 Å². The fourth-order valence-electron chi connectivity index (χ4n) is 2.19. The van der Waals surface area contributed by atoms with Crippen molar-refractivity contribution in [3.8, 4) is 11.8 Å². The molecular formula is C14H17N3O2. The Morgan fingerprint density at radius 1 is 1.58 bits per heavy atom. The second kappa shape index (κ2) is 6.32. The molecule has 1 aliphatic heterocycles. The molecule has 1 atom stereocenters. The van der Waals surface area contributed by atoms with Crippen molar-refractivity contribution in [1.29, 1.82) is 0 Å². The van der Waals surface area contributed by atoms with Crippen LogP contribution in [-0.4, -0.2) is 46.6 Å². The summed E-state index contributed by atoms with van der Waals surface area (Å²) in [6.07, 6.45) is 3.35. The highest BCUT2D eigenvalue weighted by molar-refractivity contribution is 5.92. The molecule has 1 fully saturated rings. The number of nitrogens with two attached hydrogens (primary N) is 1. The highest BCUT2D eigenvalue weighted by Gasteiger charge is 2.29. The smallest absolute Gasteiger partial charge is 0.272 e. The average molecular weight is 259 g/mol. The van der Waals surface area contributed by atoms with Crippen LogP contribution < -0.4 is 5.73 Å². The molecule has 1 unspecified atom stereocenters. The number of hydrogen-bond acceptors (Lipinski definition) is 4. The zero-order chi connectivity index (χ0) is 13.7. The average Bonchev–Trinajstić information content (AvgIpc) is 2.93. The van der Waals surface area contributed by atoms with Gasteiger partial charge in [0.05, 0.1) is 19.2 Å². The van der Waals surface area contributed by atoms with Crippen molar-refractivity contribution < 1.29 is 9.90 Å². The number of aliphatic hydroxyl groups excluding tert-OH is 1. The first-order valence-corrected chi connectivity index (χ1v) is 6.33. The van der Waals surface area contributed by atoms with Crippen LogP contribution >= 0.6 is 0 Å². The van der Waals surface area contributed by atoms with Crippen molar-refractivity contribution >= 4 is 5.91 Å². The molecule has 19 heavy (non-hydrogen) atoms. The van der Waals surface area contributed by atoms with Gasteiger partial charge in [0.15, 0.2) is 0 Å². The van der Waals surface area contributed by atoms with E-state index in [1.165, 1.54) is 0 Å². The Morgan fingerprint density at radius 2 is 2.42 bits per heavy atom. The van der Waals surface area contributed by atoms with E-state index in [2.05, 4.69) is 16.8 Å². The van der Waals surface area contributed by atoms with E-state index in [9.17, 15) is 9.90 Å². The van der Waals surface area contributed by atoms with Gasteiger partial charge in [-0.1, -0.05) is 11.8 Å². The van der Waals surface area contributed by atoms with Gasteiger partial charge in [-0.25, -0.2) is 4.98 Å². The first-order chi connectivity index (χ1) is 9.26. The first kappa shape index (κ1) is 13.5. The summed E-state index contributed by atoms with van der Waals surface area (Å²) in [6.45, 7) is 0.985. The molecule has 1 aromatic heterocycles. The lowest BCUT2D eigenvalue weighted by molar-refractivity contribution is 0.0672. The second-order valence-corrected chi connectivity index (χ2v) is 4.42. The topological polar surface area (TPSA) is 79.5 Å². The van der Waals surface area contributed by atoms with Crippen molar-refractivity contribution in [1.82, 2.24) is 9.88 Å². The van der Waals surface area contributed by atoms with E-state index in [0.717, 1.165) is 18.4 Å². The molecular weight excluding hydrogens is 242 g/mol. The number of carbonyl (C=O) groups is 1. The van der Waals surface area contributed by atoms with Crippen LogP contribution in [0.5, 0.6) is 0 Å². The number of likely N-dealkylation sites (tertiary alicyclic amines) is 1. The number of aromatic nitrogens is 1. The fourth-order valence-corrected chi connectivity index (χ4v) is 2.19. The molecule has 3 N–H and O–H groups in total. The normalized spacial score (nSPS) is 18.0. The monoisotopic (exact) mass is 259 g/mol. The van der Waals surface area contributed by atoms with Crippen molar-refractivity contribution in [3.05, 3.63) is 29.6 Å². The predicted octanol–water partition coefficient (Wildman–Crippen LogP) is -0.0113. The van der Waals surface area contributed by atoms with Gasteiger partial charge >= 0.3 is 0 Å². The van der Waals surface area contributed by atoms with Crippen LogP contribution in [0.2, 0.25) is 0 Å². The highest BCUT2D eigenvalue weighted by atomic mass is 16.3. The minimum Gasteiger partial charge on any atom is -0.394 e. The Kier molecular flexibility index (Phi) is 4.50. The molecule has 1 aliphatic rings. The molecule has 100 valence electrons. The van der Waals surface area contributed by atoms with Crippen LogP contribution in [0.15, 0.2) is 18.3 Å². The quantitative estimate of drug-likeness (QED) is 0.732. The van der Waals surface area contributed by atoms with E-state index in [1.54, 1.807) is 23.2 Å². The molecule has 0 aliphatic carbocycles. The fraction of sp³-hybridized carbons (Fsp3) is 0.429. The standard InChI is InChI=1S/C14H17N3O2/c15-7-1-3-11-5-6-13(16-9-11)14(19)17-8-2-4-12(17)10-18/h5-6,9,12,18H,2,4,7-8,10,15H2. The zero-order valence-electron chi connectivity index (χ0n) is 10.7. The van der Waals surface area contributed by atoms with Gasteiger partial charge in [-0.05, 0) is 25.0 Å². The van der Waals surface area contributed by atoms with Crippen molar-refractivity contribution in [2.45, 2.75) is 18.9 Å². The maximum Gasteiger partial charge on any atom is 0.272 e. The van der Waals surface area contributed by atoms with E-state index < -0.39 is 0 Å². The van der Waals surface area contributed by atoms with Gasteiger partial charge < -0.3 is 15.7 Å². The molecule has 0 radical (unpaired) electrons. The number of rotatable bonds is 2. The van der Waals surface area contributed by atoms with Gasteiger partial charge in [0.1, 0.15) is 5.69 Å². The lowest BCUT2D eigenvalue weighted by Crippen LogP contribution is -2.38. The Morgan fingerprint density at radius 3 is 3.05 bits per heavy atom. The highest BCUT2D eigenvalue weighted by Crippen LogP contribution is 2.18. The largest absolute Gasteiger partial charge is 0.394 e. The molecule has 0 saturated carbocycles. The summed E-state index contributed by atoms with van der Waals surface area (Å²) in [5.74, 6) is 5.46. The minimum atomic E-state index is -0.130. The van der Waals surface area contributed by atoms with Crippen LogP contribution in [0.25, 0.3) is 0 Å². The Hall–Kier alpha value is -1.90. The van der Waals surface area contributed by atoms with E-state index in [-0.39, 0.29) is 18.6 Å². The summed E-state index contributed by atoms with van der Waals surface area (Å²) < 4.78 is 0. The van der Waals surface area contributed by atoms with Crippen molar-refractivity contribution in [3.63, 3.8) is 0 Å². The number of hydrogen-bond donors (Lipinski definition) is 2. The molecule has 1 amide bonds. The third-order valence-electron chi connectivity index (χ3n) is 3.17. The number of carbonyl (C=O) groups excluding carboxylic acids is 1. The molecule has 2 rings (SSSR count). The lowest BCUT2D eigenvalue weighted by Gasteiger charge is -2.22. The SMILES string of the molecule is NCC#Cc1ccc(C(=O)N2CCCC2CO)nc1. The Bertz CT molecular complexity index is 502. The Labute approximate surface area is 112 Å². The summed E-state index contributed by atoms with van der Waals surface area (Å²) in [7, 11) is 0. The second-order valence-electron chi connectivity index (χ2n) is 4.42. The molecule has 0 bridgehead atoms. The number of amides is 1. The third kappa shape index (κ3) is 3.11. The van der Waals surface area contributed by atoms with Gasteiger partial charge in [0.2, 0.25) is 0 Å². The van der Waals surface area contributed by atoms with Gasteiger partial charge in [-0.3, -0.25) is 4.79 Å². The van der Waals surface area contributed by atoms with E-state index in [1.807, 2.05) is 0 Å². The van der Waals surface area contributed by atoms with Crippen LogP contribution in [0.4, 0.5) is 0 Å². The lowest BCUT2D eigenvalue weighted by atomic mass is 10.2. The zero-order valence-corrected chi connectivity index (χ0v) is 10.7. The van der Waals surface area contributed by atoms with Crippen LogP contribution in [0.3, 0.4) is 0 Å². The van der Waals surface area contributed by atoms with Gasteiger partial charge in [0.25, 0.3) is 5.91 Å². The molecule has 2 heterocycles.